The molecule has 0 bridgehead atoms. The average Bonchev–Trinajstić information content (AvgIpc) is 2.94. The Morgan fingerprint density at radius 3 is 3.18 bits per heavy atom. The molecule has 1 amide bonds. The van der Waals surface area contributed by atoms with E-state index in [0.29, 0.717) is 12.5 Å². The predicted molar refractivity (Wildman–Crippen MR) is 74.1 cm³/mol. The summed E-state index contributed by atoms with van der Waals surface area (Å²) in [5.41, 5.74) is 0. The van der Waals surface area contributed by atoms with Crippen LogP contribution in [-0.2, 0) is 11.3 Å². The van der Waals surface area contributed by atoms with Gasteiger partial charge in [-0.1, -0.05) is 6.92 Å². The van der Waals surface area contributed by atoms with Crippen molar-refractivity contribution in [2.75, 3.05) is 13.1 Å². The second kappa shape index (κ2) is 5.98. The fourth-order valence-electron chi connectivity index (χ4n) is 2.07. The van der Waals surface area contributed by atoms with Crippen LogP contribution in [-0.4, -0.2) is 29.9 Å². The maximum Gasteiger partial charge on any atom is 0.222 e. The van der Waals surface area contributed by atoms with Crippen LogP contribution >= 0.6 is 27.3 Å². The molecule has 2 heterocycles. The molecule has 1 aliphatic heterocycles. The maximum absolute atomic E-state index is 11.5. The lowest BCUT2D eigenvalue weighted by atomic mass is 10.2. The SMILES string of the molecule is CCC(=O)N1CCC(NCc2sccc2Br)C1. The first kappa shape index (κ1) is 13.1. The summed E-state index contributed by atoms with van der Waals surface area (Å²) in [6.45, 7) is 4.56. The Morgan fingerprint density at radius 2 is 2.53 bits per heavy atom. The summed E-state index contributed by atoms with van der Waals surface area (Å²) < 4.78 is 1.18. The molecule has 0 radical (unpaired) electrons. The lowest BCUT2D eigenvalue weighted by molar-refractivity contribution is -0.129. The largest absolute Gasteiger partial charge is 0.341 e. The first-order valence-electron chi connectivity index (χ1n) is 5.93. The van der Waals surface area contributed by atoms with E-state index in [9.17, 15) is 4.79 Å². The van der Waals surface area contributed by atoms with Crippen molar-refractivity contribution < 1.29 is 4.79 Å². The van der Waals surface area contributed by atoms with Crippen LogP contribution in [0.4, 0.5) is 0 Å². The Balaban J connectivity index is 1.79. The Labute approximate surface area is 114 Å². The molecule has 0 aliphatic carbocycles. The minimum atomic E-state index is 0.270. The van der Waals surface area contributed by atoms with Crippen LogP contribution in [0.1, 0.15) is 24.6 Å². The second-order valence-corrected chi connectivity index (χ2v) is 6.11. The van der Waals surface area contributed by atoms with Gasteiger partial charge in [-0.15, -0.1) is 11.3 Å². The quantitative estimate of drug-likeness (QED) is 0.926. The van der Waals surface area contributed by atoms with Crippen molar-refractivity contribution in [2.45, 2.75) is 32.4 Å². The topological polar surface area (TPSA) is 32.3 Å². The Hall–Kier alpha value is -0.390. The highest BCUT2D eigenvalue weighted by molar-refractivity contribution is 9.10. The first-order valence-corrected chi connectivity index (χ1v) is 7.61. The van der Waals surface area contributed by atoms with Gasteiger partial charge in [0, 0.05) is 41.4 Å². The summed E-state index contributed by atoms with van der Waals surface area (Å²) >= 11 is 5.28. The molecule has 1 aliphatic rings. The van der Waals surface area contributed by atoms with E-state index in [0.717, 1.165) is 26.1 Å². The van der Waals surface area contributed by atoms with Gasteiger partial charge in [-0.3, -0.25) is 4.79 Å². The zero-order chi connectivity index (χ0) is 12.3. The van der Waals surface area contributed by atoms with Gasteiger partial charge in [0.1, 0.15) is 0 Å². The molecule has 1 atom stereocenters. The Morgan fingerprint density at radius 1 is 1.71 bits per heavy atom. The van der Waals surface area contributed by atoms with E-state index in [1.54, 1.807) is 11.3 Å². The summed E-state index contributed by atoms with van der Waals surface area (Å²) in [6, 6.07) is 2.52. The monoisotopic (exact) mass is 316 g/mol. The Bertz CT molecular complexity index is 394. The molecule has 1 aromatic rings. The van der Waals surface area contributed by atoms with Crippen LogP contribution in [0, 0.1) is 0 Å². The highest BCUT2D eigenvalue weighted by Crippen LogP contribution is 2.22. The van der Waals surface area contributed by atoms with Crippen molar-refractivity contribution in [3.05, 3.63) is 20.8 Å². The molecule has 0 spiro atoms. The van der Waals surface area contributed by atoms with E-state index in [1.165, 1.54) is 9.35 Å². The van der Waals surface area contributed by atoms with E-state index in [2.05, 4.69) is 32.7 Å². The van der Waals surface area contributed by atoms with Crippen LogP contribution in [0.3, 0.4) is 0 Å². The fourth-order valence-corrected chi connectivity index (χ4v) is 3.51. The van der Waals surface area contributed by atoms with Crippen LogP contribution in [0.2, 0.25) is 0 Å². The molecule has 1 saturated heterocycles. The molecular formula is C12H17BrN2OS. The molecule has 3 nitrogen and oxygen atoms in total. The number of rotatable bonds is 4. The van der Waals surface area contributed by atoms with Crippen LogP contribution < -0.4 is 5.32 Å². The predicted octanol–water partition coefficient (Wildman–Crippen LogP) is 2.61. The van der Waals surface area contributed by atoms with Crippen molar-refractivity contribution in [3.63, 3.8) is 0 Å². The minimum Gasteiger partial charge on any atom is -0.341 e. The number of likely N-dealkylation sites (tertiary alicyclic amines) is 1. The van der Waals surface area contributed by atoms with Crippen LogP contribution in [0.25, 0.3) is 0 Å². The summed E-state index contributed by atoms with van der Waals surface area (Å²) in [7, 11) is 0. The third-order valence-electron chi connectivity index (χ3n) is 3.09. The third kappa shape index (κ3) is 3.30. The smallest absolute Gasteiger partial charge is 0.222 e. The maximum atomic E-state index is 11.5. The number of nitrogens with zero attached hydrogens (tertiary/aromatic N) is 1. The molecule has 0 saturated carbocycles. The van der Waals surface area contributed by atoms with Gasteiger partial charge in [0.25, 0.3) is 0 Å². The van der Waals surface area contributed by atoms with Crippen LogP contribution in [0.15, 0.2) is 15.9 Å². The minimum absolute atomic E-state index is 0.270. The van der Waals surface area contributed by atoms with Gasteiger partial charge in [-0.25, -0.2) is 0 Å². The summed E-state index contributed by atoms with van der Waals surface area (Å²) in [5.74, 6) is 0.270. The highest BCUT2D eigenvalue weighted by atomic mass is 79.9. The summed E-state index contributed by atoms with van der Waals surface area (Å²) in [4.78, 5) is 14.8. The highest BCUT2D eigenvalue weighted by Gasteiger charge is 2.24. The number of nitrogens with one attached hydrogen (secondary N) is 1. The molecule has 94 valence electrons. The van der Waals surface area contributed by atoms with Crippen molar-refractivity contribution >= 4 is 33.2 Å². The molecule has 5 heteroatoms. The van der Waals surface area contributed by atoms with E-state index in [4.69, 9.17) is 0 Å². The molecular weight excluding hydrogens is 300 g/mol. The van der Waals surface area contributed by atoms with E-state index in [-0.39, 0.29) is 5.91 Å². The molecule has 1 aromatic heterocycles. The first-order chi connectivity index (χ1) is 8.20. The van der Waals surface area contributed by atoms with E-state index < -0.39 is 0 Å². The van der Waals surface area contributed by atoms with Crippen molar-refractivity contribution in [3.8, 4) is 0 Å². The molecule has 1 N–H and O–H groups in total. The second-order valence-electron chi connectivity index (χ2n) is 4.25. The van der Waals surface area contributed by atoms with Crippen molar-refractivity contribution in [2.24, 2.45) is 0 Å². The van der Waals surface area contributed by atoms with Gasteiger partial charge in [0.15, 0.2) is 0 Å². The summed E-state index contributed by atoms with van der Waals surface area (Å²) in [6.07, 6.45) is 1.68. The molecule has 1 fully saturated rings. The number of hydrogen-bond acceptors (Lipinski definition) is 3. The van der Waals surface area contributed by atoms with Gasteiger partial charge < -0.3 is 10.2 Å². The van der Waals surface area contributed by atoms with Crippen LogP contribution in [0.5, 0.6) is 0 Å². The van der Waals surface area contributed by atoms with E-state index >= 15 is 0 Å². The number of halogens is 1. The zero-order valence-electron chi connectivity index (χ0n) is 9.91. The van der Waals surface area contributed by atoms with Gasteiger partial charge >= 0.3 is 0 Å². The third-order valence-corrected chi connectivity index (χ3v) is 5.01. The standard InChI is InChI=1S/C12H17BrN2OS/c1-2-12(16)15-5-3-9(8-15)14-7-11-10(13)4-6-17-11/h4,6,9,14H,2-3,5,7-8H2,1H3. The van der Waals surface area contributed by atoms with Gasteiger partial charge in [-0.05, 0) is 33.8 Å². The Kier molecular flexibility index (Phi) is 4.59. The molecule has 1 unspecified atom stereocenters. The molecule has 0 aromatic carbocycles. The lowest BCUT2D eigenvalue weighted by Crippen LogP contribution is -2.34. The average molecular weight is 317 g/mol. The normalized spacial score (nSPS) is 19.9. The lowest BCUT2D eigenvalue weighted by Gasteiger charge is -2.16. The van der Waals surface area contributed by atoms with E-state index in [1.807, 2.05) is 11.8 Å². The summed E-state index contributed by atoms with van der Waals surface area (Å²) in [5, 5.41) is 5.61. The van der Waals surface area contributed by atoms with Gasteiger partial charge in [-0.2, -0.15) is 0 Å². The fraction of sp³-hybridized carbons (Fsp3) is 0.583. The van der Waals surface area contributed by atoms with Gasteiger partial charge in [0.2, 0.25) is 5.91 Å². The number of amides is 1. The van der Waals surface area contributed by atoms with Crippen molar-refractivity contribution in [1.29, 1.82) is 0 Å². The zero-order valence-corrected chi connectivity index (χ0v) is 12.3. The van der Waals surface area contributed by atoms with Crippen molar-refractivity contribution in [1.82, 2.24) is 10.2 Å². The van der Waals surface area contributed by atoms with Gasteiger partial charge in [0.05, 0.1) is 0 Å². The number of carbonyl (C=O) groups excluding carboxylic acids is 1. The number of carbonyl (C=O) groups is 1. The number of thiophene rings is 1. The number of hydrogen-bond donors (Lipinski definition) is 1. The molecule has 17 heavy (non-hydrogen) atoms. The molecule has 2 rings (SSSR count).